The summed E-state index contributed by atoms with van der Waals surface area (Å²) in [7, 11) is 5.54. The van der Waals surface area contributed by atoms with E-state index in [9.17, 15) is 4.79 Å². The van der Waals surface area contributed by atoms with Gasteiger partial charge in [0.25, 0.3) is 5.91 Å². The Hall–Kier alpha value is -2.53. The molecule has 0 radical (unpaired) electrons. The minimum Gasteiger partial charge on any atom is -0.496 e. The Morgan fingerprint density at radius 3 is 2.66 bits per heavy atom. The lowest BCUT2D eigenvalue weighted by Gasteiger charge is -2.37. The number of nitrogens with zero attached hydrogens (tertiary/aromatic N) is 2. The Morgan fingerprint density at radius 2 is 1.97 bits per heavy atom. The van der Waals surface area contributed by atoms with Crippen LogP contribution in [0.3, 0.4) is 0 Å². The van der Waals surface area contributed by atoms with Gasteiger partial charge in [0.05, 0.1) is 12.7 Å². The van der Waals surface area contributed by atoms with Crippen LogP contribution in [0.15, 0.2) is 42.5 Å². The molecule has 0 saturated carbocycles. The summed E-state index contributed by atoms with van der Waals surface area (Å²) in [6, 6.07) is 14.7. The highest BCUT2D eigenvalue weighted by molar-refractivity contribution is 5.98. The van der Waals surface area contributed by atoms with Gasteiger partial charge in [-0.3, -0.25) is 9.69 Å². The van der Waals surface area contributed by atoms with Crippen LogP contribution >= 0.6 is 0 Å². The van der Waals surface area contributed by atoms with E-state index in [2.05, 4.69) is 41.4 Å². The Bertz CT molecular complexity index is 835. The number of amides is 1. The predicted octanol–water partition coefficient (Wildman–Crippen LogP) is 3.72. The molecule has 0 bridgehead atoms. The molecule has 1 aliphatic rings. The third-order valence-corrected chi connectivity index (χ3v) is 5.70. The minimum atomic E-state index is -0.0835. The van der Waals surface area contributed by atoms with E-state index < -0.39 is 0 Å². The van der Waals surface area contributed by atoms with Crippen molar-refractivity contribution in [2.45, 2.75) is 38.8 Å². The molecule has 0 unspecified atom stereocenters. The summed E-state index contributed by atoms with van der Waals surface area (Å²) in [5, 5.41) is 3.17. The van der Waals surface area contributed by atoms with Crippen LogP contribution in [0.4, 0.5) is 5.69 Å². The highest BCUT2D eigenvalue weighted by Gasteiger charge is 2.26. The second-order valence-electron chi connectivity index (χ2n) is 7.94. The standard InChI is InChI=1S/C24H33N3O2/c1-5-6-13-27-17-19-10-8-7-9-18(19)14-21(27)16-25-24(28)22-15-20(26(2)3)11-12-23(22)29-4/h7-12,15,21H,5-6,13-14,16-17H2,1-4H3,(H,25,28)/t21-/m0/s1. The van der Waals surface area contributed by atoms with Gasteiger partial charge in [-0.15, -0.1) is 0 Å². The molecule has 0 fully saturated rings. The molecule has 0 aromatic heterocycles. The number of benzene rings is 2. The molecule has 156 valence electrons. The molecule has 2 aromatic carbocycles. The number of hydrogen-bond donors (Lipinski definition) is 1. The normalized spacial score (nSPS) is 16.2. The lowest BCUT2D eigenvalue weighted by atomic mass is 9.93. The molecular weight excluding hydrogens is 362 g/mol. The van der Waals surface area contributed by atoms with E-state index in [0.29, 0.717) is 23.9 Å². The molecule has 29 heavy (non-hydrogen) atoms. The summed E-state index contributed by atoms with van der Waals surface area (Å²) >= 11 is 0. The summed E-state index contributed by atoms with van der Waals surface area (Å²) in [5.74, 6) is 0.518. The minimum absolute atomic E-state index is 0.0835. The van der Waals surface area contributed by atoms with E-state index in [-0.39, 0.29) is 5.91 Å². The van der Waals surface area contributed by atoms with Gasteiger partial charge in [0.2, 0.25) is 0 Å². The second-order valence-corrected chi connectivity index (χ2v) is 7.94. The van der Waals surface area contributed by atoms with Gasteiger partial charge in [-0.05, 0) is 48.7 Å². The maximum atomic E-state index is 13.0. The van der Waals surface area contributed by atoms with E-state index >= 15 is 0 Å². The average Bonchev–Trinajstić information content (AvgIpc) is 2.75. The summed E-state index contributed by atoms with van der Waals surface area (Å²) in [5.41, 5.74) is 4.36. The monoisotopic (exact) mass is 395 g/mol. The first-order valence-electron chi connectivity index (χ1n) is 10.5. The van der Waals surface area contributed by atoms with Gasteiger partial charge in [0.15, 0.2) is 0 Å². The number of unbranched alkanes of at least 4 members (excludes halogenated alkanes) is 1. The van der Waals surface area contributed by atoms with Crippen LogP contribution in [0.2, 0.25) is 0 Å². The largest absolute Gasteiger partial charge is 0.496 e. The van der Waals surface area contributed by atoms with Crippen LogP contribution in [0.5, 0.6) is 5.75 Å². The Balaban J connectivity index is 1.73. The molecule has 5 nitrogen and oxygen atoms in total. The zero-order valence-electron chi connectivity index (χ0n) is 18.1. The first-order chi connectivity index (χ1) is 14.0. The summed E-state index contributed by atoms with van der Waals surface area (Å²) < 4.78 is 5.42. The predicted molar refractivity (Wildman–Crippen MR) is 119 cm³/mol. The van der Waals surface area contributed by atoms with Crippen molar-refractivity contribution >= 4 is 11.6 Å². The second kappa shape index (κ2) is 9.79. The maximum absolute atomic E-state index is 13.0. The smallest absolute Gasteiger partial charge is 0.255 e. The van der Waals surface area contributed by atoms with Crippen molar-refractivity contribution in [3.63, 3.8) is 0 Å². The molecule has 3 rings (SSSR count). The van der Waals surface area contributed by atoms with E-state index in [1.165, 1.54) is 24.0 Å². The molecular formula is C24H33N3O2. The summed E-state index contributed by atoms with van der Waals surface area (Å²) in [4.78, 5) is 17.5. The number of ether oxygens (including phenoxy) is 1. The molecule has 1 N–H and O–H groups in total. The molecule has 1 amide bonds. The van der Waals surface area contributed by atoms with E-state index in [0.717, 1.165) is 25.2 Å². The summed E-state index contributed by atoms with van der Waals surface area (Å²) in [6.45, 7) is 4.87. The van der Waals surface area contributed by atoms with E-state index in [1.807, 2.05) is 37.2 Å². The molecule has 0 saturated heterocycles. The fraction of sp³-hybridized carbons (Fsp3) is 0.458. The van der Waals surface area contributed by atoms with Crippen LogP contribution in [0.25, 0.3) is 0 Å². The fourth-order valence-corrected chi connectivity index (χ4v) is 3.92. The first-order valence-corrected chi connectivity index (χ1v) is 10.5. The van der Waals surface area contributed by atoms with Crippen molar-refractivity contribution in [1.29, 1.82) is 0 Å². The topological polar surface area (TPSA) is 44.8 Å². The van der Waals surface area contributed by atoms with Gasteiger partial charge in [-0.25, -0.2) is 0 Å². The van der Waals surface area contributed by atoms with Crippen molar-refractivity contribution in [1.82, 2.24) is 10.2 Å². The van der Waals surface area contributed by atoms with E-state index in [4.69, 9.17) is 4.74 Å². The zero-order valence-corrected chi connectivity index (χ0v) is 18.1. The third kappa shape index (κ3) is 5.10. The fourth-order valence-electron chi connectivity index (χ4n) is 3.92. The van der Waals surface area contributed by atoms with Crippen molar-refractivity contribution < 1.29 is 9.53 Å². The quantitative estimate of drug-likeness (QED) is 0.740. The maximum Gasteiger partial charge on any atom is 0.255 e. The van der Waals surface area contributed by atoms with E-state index in [1.54, 1.807) is 7.11 Å². The molecule has 0 spiro atoms. The number of nitrogens with one attached hydrogen (secondary N) is 1. The lowest BCUT2D eigenvalue weighted by molar-refractivity contribution is 0.0921. The molecule has 1 atom stereocenters. The van der Waals surface area contributed by atoms with Crippen LogP contribution in [0, 0.1) is 0 Å². The summed E-state index contributed by atoms with van der Waals surface area (Å²) in [6.07, 6.45) is 3.31. The molecule has 1 aliphatic heterocycles. The Labute approximate surface area is 174 Å². The SMILES string of the molecule is CCCCN1Cc2ccccc2C[C@H]1CNC(=O)c1cc(N(C)C)ccc1OC. The van der Waals surface area contributed by atoms with Gasteiger partial charge in [0.1, 0.15) is 5.75 Å². The molecule has 1 heterocycles. The number of fused-ring (bicyclic) bond motifs is 1. The van der Waals surface area contributed by atoms with Crippen molar-refractivity contribution in [3.8, 4) is 5.75 Å². The van der Waals surface area contributed by atoms with Crippen LogP contribution in [-0.4, -0.2) is 51.1 Å². The van der Waals surface area contributed by atoms with Gasteiger partial charge >= 0.3 is 0 Å². The van der Waals surface area contributed by atoms with Gasteiger partial charge in [-0.1, -0.05) is 37.6 Å². The van der Waals surface area contributed by atoms with Crippen molar-refractivity contribution in [2.24, 2.45) is 0 Å². The van der Waals surface area contributed by atoms with Gasteiger partial charge in [-0.2, -0.15) is 0 Å². The number of hydrogen-bond acceptors (Lipinski definition) is 4. The number of anilines is 1. The van der Waals surface area contributed by atoms with Crippen LogP contribution in [0.1, 0.15) is 41.3 Å². The van der Waals surface area contributed by atoms with Gasteiger partial charge < -0.3 is 15.0 Å². The molecule has 0 aliphatic carbocycles. The molecule has 2 aromatic rings. The van der Waals surface area contributed by atoms with Crippen LogP contribution in [-0.2, 0) is 13.0 Å². The number of rotatable bonds is 8. The molecule has 5 heteroatoms. The highest BCUT2D eigenvalue weighted by atomic mass is 16.5. The van der Waals surface area contributed by atoms with Crippen molar-refractivity contribution in [2.75, 3.05) is 39.2 Å². The van der Waals surface area contributed by atoms with Crippen LogP contribution < -0.4 is 15.0 Å². The highest BCUT2D eigenvalue weighted by Crippen LogP contribution is 2.25. The zero-order chi connectivity index (χ0) is 20.8. The first kappa shape index (κ1) is 21.2. The number of carbonyl (C=O) groups is 1. The number of carbonyl (C=O) groups excluding carboxylic acids is 1. The lowest BCUT2D eigenvalue weighted by Crippen LogP contribution is -2.47. The Kier molecular flexibility index (Phi) is 7.15. The van der Waals surface area contributed by atoms with Crippen molar-refractivity contribution in [3.05, 3.63) is 59.2 Å². The number of methoxy groups -OCH3 is 1. The Morgan fingerprint density at radius 1 is 1.21 bits per heavy atom. The average molecular weight is 396 g/mol. The van der Waals surface area contributed by atoms with Gasteiger partial charge in [0, 0.05) is 38.9 Å². The third-order valence-electron chi connectivity index (χ3n) is 5.70.